The molecule has 0 radical (unpaired) electrons. The van der Waals surface area contributed by atoms with Gasteiger partial charge in [0.15, 0.2) is 12.3 Å². The van der Waals surface area contributed by atoms with Crippen LogP contribution in [0.1, 0.15) is 49.5 Å². The molecule has 0 amide bonds. The van der Waals surface area contributed by atoms with Gasteiger partial charge >= 0.3 is 5.97 Å². The maximum absolute atomic E-state index is 11.3. The van der Waals surface area contributed by atoms with E-state index >= 15 is 0 Å². The van der Waals surface area contributed by atoms with Crippen LogP contribution in [0, 0.1) is 5.92 Å². The van der Waals surface area contributed by atoms with Crippen molar-refractivity contribution < 1.29 is 19.1 Å². The van der Waals surface area contributed by atoms with E-state index in [4.69, 9.17) is 9.57 Å². The Balaban J connectivity index is 1.42. The fourth-order valence-corrected chi connectivity index (χ4v) is 4.15. The van der Waals surface area contributed by atoms with E-state index in [-0.39, 0.29) is 6.10 Å². The van der Waals surface area contributed by atoms with Crippen LogP contribution in [0.25, 0.3) is 10.9 Å². The van der Waals surface area contributed by atoms with E-state index in [0.717, 1.165) is 47.0 Å². The second kappa shape index (κ2) is 10.8. The molecule has 3 aromatic rings. The van der Waals surface area contributed by atoms with Gasteiger partial charge in [0.1, 0.15) is 12.4 Å². The molecule has 0 bridgehead atoms. The van der Waals surface area contributed by atoms with Crippen molar-refractivity contribution in [1.82, 2.24) is 4.98 Å². The average molecular weight is 433 g/mol. The van der Waals surface area contributed by atoms with Crippen LogP contribution < -0.4 is 4.74 Å². The maximum atomic E-state index is 11.3. The summed E-state index contributed by atoms with van der Waals surface area (Å²) in [6.07, 6.45) is 6.67. The van der Waals surface area contributed by atoms with Crippen molar-refractivity contribution in [2.75, 3.05) is 7.11 Å². The SMILES string of the molecule is COC(=O)/C=N/OC(c1ccc(OCc2ccc3ccccc3n2)cc1)C1CCCCC1. The second-order valence-electron chi connectivity index (χ2n) is 8.03. The lowest BCUT2D eigenvalue weighted by Gasteiger charge is -2.28. The number of ether oxygens (including phenoxy) is 2. The predicted octanol–water partition coefficient (Wildman–Crippen LogP) is 5.61. The molecule has 4 rings (SSSR count). The zero-order valence-electron chi connectivity index (χ0n) is 18.3. The summed E-state index contributed by atoms with van der Waals surface area (Å²) in [6, 6.07) is 20.0. The third-order valence-corrected chi connectivity index (χ3v) is 5.86. The first-order valence-electron chi connectivity index (χ1n) is 11.1. The summed E-state index contributed by atoms with van der Waals surface area (Å²) in [5.41, 5.74) is 2.87. The van der Waals surface area contributed by atoms with Crippen LogP contribution in [-0.4, -0.2) is 24.3 Å². The van der Waals surface area contributed by atoms with Gasteiger partial charge in [0.2, 0.25) is 0 Å². The summed E-state index contributed by atoms with van der Waals surface area (Å²) in [4.78, 5) is 21.8. The minimum Gasteiger partial charge on any atom is -0.487 e. The smallest absolute Gasteiger partial charge is 0.352 e. The number of fused-ring (bicyclic) bond motifs is 1. The monoisotopic (exact) mass is 432 g/mol. The highest BCUT2D eigenvalue weighted by Crippen LogP contribution is 2.37. The van der Waals surface area contributed by atoms with Gasteiger partial charge in [0.25, 0.3) is 0 Å². The molecule has 32 heavy (non-hydrogen) atoms. The van der Waals surface area contributed by atoms with Crippen molar-refractivity contribution in [3.8, 4) is 5.75 Å². The van der Waals surface area contributed by atoms with E-state index in [0.29, 0.717) is 12.5 Å². The number of benzene rings is 2. The van der Waals surface area contributed by atoms with Gasteiger partial charge < -0.3 is 14.3 Å². The largest absolute Gasteiger partial charge is 0.487 e. The number of para-hydroxylation sites is 1. The Kier molecular flexibility index (Phi) is 7.33. The minimum atomic E-state index is -0.529. The van der Waals surface area contributed by atoms with E-state index in [1.54, 1.807) is 0 Å². The molecular formula is C26H28N2O4. The van der Waals surface area contributed by atoms with E-state index in [1.807, 2.05) is 54.6 Å². The lowest BCUT2D eigenvalue weighted by Crippen LogP contribution is -2.18. The Morgan fingerprint density at radius 2 is 1.84 bits per heavy atom. The summed E-state index contributed by atoms with van der Waals surface area (Å²) in [6.45, 7) is 0.399. The highest BCUT2D eigenvalue weighted by atomic mass is 16.6. The summed E-state index contributed by atoms with van der Waals surface area (Å²) in [5, 5.41) is 4.99. The molecule has 0 spiro atoms. The Morgan fingerprint density at radius 3 is 2.62 bits per heavy atom. The van der Waals surface area contributed by atoms with Crippen LogP contribution >= 0.6 is 0 Å². The number of rotatable bonds is 8. The van der Waals surface area contributed by atoms with Crippen LogP contribution in [0.2, 0.25) is 0 Å². The number of hydrogen-bond acceptors (Lipinski definition) is 6. The first-order chi connectivity index (χ1) is 15.7. The Bertz CT molecular complexity index is 1060. The van der Waals surface area contributed by atoms with Crippen LogP contribution in [-0.2, 0) is 21.0 Å². The summed E-state index contributed by atoms with van der Waals surface area (Å²) in [7, 11) is 1.32. The van der Waals surface area contributed by atoms with Crippen molar-refractivity contribution in [3.63, 3.8) is 0 Å². The molecule has 1 unspecified atom stereocenters. The molecule has 1 aliphatic rings. The van der Waals surface area contributed by atoms with E-state index < -0.39 is 5.97 Å². The van der Waals surface area contributed by atoms with Gasteiger partial charge in [-0.05, 0) is 42.7 Å². The zero-order chi connectivity index (χ0) is 22.2. The lowest BCUT2D eigenvalue weighted by atomic mass is 9.83. The second-order valence-corrected chi connectivity index (χ2v) is 8.03. The molecule has 1 atom stereocenters. The molecule has 1 saturated carbocycles. The van der Waals surface area contributed by atoms with Crippen molar-refractivity contribution in [2.45, 2.75) is 44.8 Å². The summed E-state index contributed by atoms with van der Waals surface area (Å²) < 4.78 is 10.6. The molecular weight excluding hydrogens is 404 g/mol. The van der Waals surface area contributed by atoms with E-state index in [1.165, 1.54) is 26.4 Å². The standard InChI is InChI=1S/C26H28N2O4/c1-30-25(29)17-27-32-26(20-8-3-2-4-9-20)21-12-15-23(16-13-21)31-18-22-14-11-19-7-5-6-10-24(19)28-22/h5-7,10-17,20,26H,2-4,8-9,18H2,1H3/b27-17+. The van der Waals surface area contributed by atoms with Crippen LogP contribution in [0.4, 0.5) is 0 Å². The third kappa shape index (κ3) is 5.63. The van der Waals surface area contributed by atoms with Crippen LogP contribution in [0.3, 0.4) is 0 Å². The zero-order valence-corrected chi connectivity index (χ0v) is 18.3. The quantitative estimate of drug-likeness (QED) is 0.263. The topological polar surface area (TPSA) is 70.0 Å². The van der Waals surface area contributed by atoms with Crippen LogP contribution in [0.15, 0.2) is 65.8 Å². The number of pyridine rings is 1. The highest BCUT2D eigenvalue weighted by molar-refractivity contribution is 6.22. The molecule has 1 fully saturated rings. The van der Waals surface area contributed by atoms with Crippen molar-refractivity contribution in [2.24, 2.45) is 11.1 Å². The minimum absolute atomic E-state index is 0.201. The molecule has 6 heteroatoms. The maximum Gasteiger partial charge on any atom is 0.352 e. The summed E-state index contributed by atoms with van der Waals surface area (Å²) in [5.74, 6) is 0.606. The number of methoxy groups -OCH3 is 1. The first-order valence-corrected chi connectivity index (χ1v) is 11.1. The van der Waals surface area contributed by atoms with Crippen molar-refractivity contribution in [1.29, 1.82) is 0 Å². The third-order valence-electron chi connectivity index (χ3n) is 5.86. The van der Waals surface area contributed by atoms with Gasteiger partial charge in [-0.1, -0.05) is 60.8 Å². The average Bonchev–Trinajstić information content (AvgIpc) is 2.86. The molecule has 1 aliphatic carbocycles. The van der Waals surface area contributed by atoms with Crippen molar-refractivity contribution >= 4 is 23.1 Å². The van der Waals surface area contributed by atoms with Gasteiger partial charge in [-0.15, -0.1) is 0 Å². The number of carbonyl (C=O) groups excluding carboxylic acids is 1. The van der Waals surface area contributed by atoms with E-state index in [9.17, 15) is 4.79 Å². The van der Waals surface area contributed by atoms with Crippen LogP contribution in [0.5, 0.6) is 5.75 Å². The van der Waals surface area contributed by atoms with Gasteiger partial charge in [-0.25, -0.2) is 9.78 Å². The number of aromatic nitrogens is 1. The van der Waals surface area contributed by atoms with Gasteiger partial charge in [0.05, 0.1) is 18.3 Å². The predicted molar refractivity (Wildman–Crippen MR) is 123 cm³/mol. The molecule has 0 N–H and O–H groups in total. The number of hydrogen-bond donors (Lipinski definition) is 0. The van der Waals surface area contributed by atoms with Gasteiger partial charge in [-0.3, -0.25) is 0 Å². The number of nitrogens with zero attached hydrogens (tertiary/aromatic N) is 2. The lowest BCUT2D eigenvalue weighted by molar-refractivity contribution is -0.132. The molecule has 6 nitrogen and oxygen atoms in total. The van der Waals surface area contributed by atoms with Gasteiger partial charge in [-0.2, -0.15) is 0 Å². The Hall–Kier alpha value is -3.41. The fourth-order valence-electron chi connectivity index (χ4n) is 4.15. The highest BCUT2D eigenvalue weighted by Gasteiger charge is 2.27. The number of oxime groups is 1. The Labute approximate surface area is 188 Å². The summed E-state index contributed by atoms with van der Waals surface area (Å²) >= 11 is 0. The molecule has 0 aliphatic heterocycles. The Morgan fingerprint density at radius 1 is 1.06 bits per heavy atom. The number of carbonyl (C=O) groups is 1. The number of esters is 1. The molecule has 0 saturated heterocycles. The molecule has 1 heterocycles. The fraction of sp³-hybridized carbons (Fsp3) is 0.346. The molecule has 1 aromatic heterocycles. The van der Waals surface area contributed by atoms with E-state index in [2.05, 4.69) is 20.9 Å². The molecule has 166 valence electrons. The molecule has 2 aromatic carbocycles. The first kappa shape index (κ1) is 21.8. The normalized spacial score (nSPS) is 15.5. The van der Waals surface area contributed by atoms with Crippen molar-refractivity contribution in [3.05, 3.63) is 71.9 Å². The van der Waals surface area contributed by atoms with Gasteiger partial charge in [0, 0.05) is 11.3 Å².